The minimum absolute atomic E-state index is 0.0111. The van der Waals surface area contributed by atoms with E-state index in [1.165, 1.54) is 16.9 Å². The largest absolute Gasteiger partial charge is 0.507 e. The summed E-state index contributed by atoms with van der Waals surface area (Å²) in [5.41, 5.74) is 2.11. The second-order valence-corrected chi connectivity index (χ2v) is 7.69. The van der Waals surface area contributed by atoms with E-state index in [1.54, 1.807) is 23.1 Å². The maximum atomic E-state index is 12.8. The molecule has 1 amide bonds. The van der Waals surface area contributed by atoms with E-state index in [0.29, 0.717) is 16.9 Å². The molecule has 0 spiro atoms. The molecule has 1 aliphatic heterocycles. The fourth-order valence-corrected chi connectivity index (χ4v) is 3.60. The van der Waals surface area contributed by atoms with Gasteiger partial charge in [0, 0.05) is 54.8 Å². The van der Waals surface area contributed by atoms with Crippen molar-refractivity contribution < 1.29 is 19.6 Å². The maximum absolute atomic E-state index is 12.8. The number of rotatable bonds is 5. The Morgan fingerprint density at radius 2 is 1.79 bits per heavy atom. The van der Waals surface area contributed by atoms with Crippen LogP contribution in [0.25, 0.3) is 16.9 Å². The molecule has 0 radical (unpaired) electrons. The molecule has 0 aliphatic carbocycles. The van der Waals surface area contributed by atoms with Crippen LogP contribution in [0.4, 0.5) is 5.69 Å². The van der Waals surface area contributed by atoms with Gasteiger partial charge in [-0.1, -0.05) is 12.1 Å². The third kappa shape index (κ3) is 3.67. The second kappa shape index (κ2) is 7.83. The lowest BCUT2D eigenvalue weighted by Gasteiger charge is -2.30. The Morgan fingerprint density at radius 1 is 1.03 bits per heavy atom. The number of non-ortho nitro benzene ring substituents is 1. The van der Waals surface area contributed by atoms with Crippen LogP contribution in [0.5, 0.6) is 5.75 Å². The molecular weight excluding hydrogens is 426 g/mol. The topological polar surface area (TPSA) is 131 Å². The van der Waals surface area contributed by atoms with E-state index in [0.717, 1.165) is 43.3 Å². The lowest BCUT2D eigenvalue weighted by Crippen LogP contribution is -2.41. The van der Waals surface area contributed by atoms with Crippen molar-refractivity contribution >= 4 is 23.0 Å². The molecule has 0 atom stereocenters. The van der Waals surface area contributed by atoms with E-state index in [9.17, 15) is 24.8 Å². The monoisotopic (exact) mass is 443 g/mol. The van der Waals surface area contributed by atoms with E-state index in [1.807, 2.05) is 12.1 Å². The summed E-state index contributed by atoms with van der Waals surface area (Å²) in [5.74, 6) is -0.965. The van der Waals surface area contributed by atoms with Crippen LogP contribution in [-0.4, -0.2) is 54.3 Å². The molecule has 1 fully saturated rings. The number of phenolic OH excluding ortho intramolecular Hbond substituents is 1. The molecule has 0 saturated carbocycles. The van der Waals surface area contributed by atoms with Crippen LogP contribution >= 0.6 is 0 Å². The molecule has 164 valence electrons. The first kappa shape index (κ1) is 20.3. The van der Waals surface area contributed by atoms with Gasteiger partial charge in [-0.2, -0.15) is 5.10 Å². The van der Waals surface area contributed by atoms with E-state index in [4.69, 9.17) is 0 Å². The molecule has 1 N–H and O–H groups in total. The van der Waals surface area contributed by atoms with Crippen LogP contribution in [0.3, 0.4) is 0 Å². The molecule has 3 heterocycles. The highest BCUT2D eigenvalue weighted by molar-refractivity contribution is 6.10. The van der Waals surface area contributed by atoms with Gasteiger partial charge >= 0.3 is 0 Å². The van der Waals surface area contributed by atoms with Gasteiger partial charge < -0.3 is 10.0 Å². The van der Waals surface area contributed by atoms with Crippen molar-refractivity contribution in [1.29, 1.82) is 0 Å². The third-order valence-electron chi connectivity index (χ3n) is 5.58. The normalized spacial score (nSPS) is 13.0. The van der Waals surface area contributed by atoms with Gasteiger partial charge in [-0.05, 0) is 24.6 Å². The Hall–Kier alpha value is -4.60. The van der Waals surface area contributed by atoms with Crippen LogP contribution < -0.4 is 0 Å². The number of ketones is 1. The van der Waals surface area contributed by atoms with Crippen LogP contribution in [0, 0.1) is 10.1 Å². The molecule has 4 aromatic rings. The molecule has 1 saturated heterocycles. The van der Waals surface area contributed by atoms with E-state index in [-0.39, 0.29) is 28.5 Å². The Morgan fingerprint density at radius 3 is 2.45 bits per heavy atom. The maximum Gasteiger partial charge on any atom is 0.270 e. The standard InChI is InChI=1S/C23H17N5O5/c29-20-7-6-17(28(32)33)10-18(20)22(30)16-12-24-21-11-19(25-27(21)13-16)14-2-4-15(5-3-14)23(31)26-8-1-9-26/h2-7,10-13,29H,1,8-9H2. The number of likely N-dealkylation sites (tertiary alicyclic amines) is 1. The smallest absolute Gasteiger partial charge is 0.270 e. The highest BCUT2D eigenvalue weighted by Gasteiger charge is 2.22. The van der Waals surface area contributed by atoms with Crippen molar-refractivity contribution in [2.24, 2.45) is 0 Å². The molecule has 2 aromatic heterocycles. The van der Waals surface area contributed by atoms with E-state index >= 15 is 0 Å². The van der Waals surface area contributed by atoms with Crippen LogP contribution in [0.2, 0.25) is 0 Å². The number of nitro groups is 1. The number of nitrogens with zero attached hydrogens (tertiary/aromatic N) is 5. The number of benzene rings is 2. The second-order valence-electron chi connectivity index (χ2n) is 7.69. The SMILES string of the molecule is O=C(c1cnc2cc(-c3ccc(C(=O)N4CCC4)cc3)nn2c1)c1cc([N+](=O)[O-])ccc1O. The molecule has 1 aliphatic rings. The van der Waals surface area contributed by atoms with E-state index in [2.05, 4.69) is 10.1 Å². The average Bonchev–Trinajstić information content (AvgIpc) is 3.21. The number of carbonyl (C=O) groups excluding carboxylic acids is 2. The first-order valence-electron chi connectivity index (χ1n) is 10.2. The summed E-state index contributed by atoms with van der Waals surface area (Å²) >= 11 is 0. The fraction of sp³-hybridized carbons (Fsp3) is 0.130. The molecule has 33 heavy (non-hydrogen) atoms. The summed E-state index contributed by atoms with van der Waals surface area (Å²) in [4.78, 5) is 41.6. The Bertz CT molecular complexity index is 1420. The summed E-state index contributed by atoms with van der Waals surface area (Å²) in [7, 11) is 0. The van der Waals surface area contributed by atoms with Gasteiger partial charge in [0.1, 0.15) is 5.75 Å². The third-order valence-corrected chi connectivity index (χ3v) is 5.58. The Labute approximate surface area is 186 Å². The van der Waals surface area contributed by atoms with Crippen LogP contribution in [0.1, 0.15) is 32.7 Å². The number of phenols is 1. The zero-order valence-corrected chi connectivity index (χ0v) is 17.2. The van der Waals surface area contributed by atoms with Crippen molar-refractivity contribution in [3.63, 3.8) is 0 Å². The van der Waals surface area contributed by atoms with Crippen LogP contribution in [-0.2, 0) is 0 Å². The number of amides is 1. The quantitative estimate of drug-likeness (QED) is 0.285. The molecule has 5 rings (SSSR count). The number of carbonyl (C=O) groups is 2. The first-order chi connectivity index (χ1) is 15.9. The summed E-state index contributed by atoms with van der Waals surface area (Å²) in [6.07, 6.45) is 3.81. The predicted octanol–water partition coefficient (Wildman–Crippen LogP) is 3.09. The van der Waals surface area contributed by atoms with Gasteiger partial charge in [-0.25, -0.2) is 9.50 Å². The van der Waals surface area contributed by atoms with Gasteiger partial charge in [-0.3, -0.25) is 19.7 Å². The highest BCUT2D eigenvalue weighted by atomic mass is 16.6. The van der Waals surface area contributed by atoms with Crippen molar-refractivity contribution in [2.75, 3.05) is 13.1 Å². The van der Waals surface area contributed by atoms with Gasteiger partial charge in [0.05, 0.1) is 21.7 Å². The van der Waals surface area contributed by atoms with Gasteiger partial charge in [-0.15, -0.1) is 0 Å². The summed E-state index contributed by atoms with van der Waals surface area (Å²) < 4.78 is 1.43. The highest BCUT2D eigenvalue weighted by Crippen LogP contribution is 2.26. The van der Waals surface area contributed by atoms with E-state index < -0.39 is 10.7 Å². The molecule has 10 nitrogen and oxygen atoms in total. The van der Waals surface area contributed by atoms with Gasteiger partial charge in [0.2, 0.25) is 0 Å². The molecule has 10 heteroatoms. The lowest BCUT2D eigenvalue weighted by atomic mass is 10.0. The van der Waals surface area contributed by atoms with Gasteiger partial charge in [0.15, 0.2) is 11.4 Å². The minimum Gasteiger partial charge on any atom is -0.507 e. The zero-order valence-electron chi connectivity index (χ0n) is 17.2. The van der Waals surface area contributed by atoms with Gasteiger partial charge in [0.25, 0.3) is 11.6 Å². The molecule has 0 unspecified atom stereocenters. The summed E-state index contributed by atoms with van der Waals surface area (Å²) in [6.45, 7) is 1.57. The molecular formula is C23H17N5O5. The number of fused-ring (bicyclic) bond motifs is 1. The number of hydrogen-bond donors (Lipinski definition) is 1. The number of aromatic nitrogens is 3. The Kier molecular flexibility index (Phi) is 4.82. The predicted molar refractivity (Wildman–Crippen MR) is 117 cm³/mol. The zero-order chi connectivity index (χ0) is 23.1. The fourth-order valence-electron chi connectivity index (χ4n) is 3.60. The molecule has 2 aromatic carbocycles. The van der Waals surface area contributed by atoms with Crippen molar-refractivity contribution in [1.82, 2.24) is 19.5 Å². The number of aromatic hydroxyl groups is 1. The Balaban J connectivity index is 1.43. The van der Waals surface area contributed by atoms with Crippen molar-refractivity contribution in [2.45, 2.75) is 6.42 Å². The number of hydrogen-bond acceptors (Lipinski definition) is 7. The first-order valence-corrected chi connectivity index (χ1v) is 10.2. The average molecular weight is 443 g/mol. The van der Waals surface area contributed by atoms with Crippen molar-refractivity contribution in [3.8, 4) is 17.0 Å². The number of nitro benzene ring substituents is 1. The lowest BCUT2D eigenvalue weighted by molar-refractivity contribution is -0.384. The van der Waals surface area contributed by atoms with Crippen molar-refractivity contribution in [3.05, 3.63) is 87.7 Å². The summed E-state index contributed by atoms with van der Waals surface area (Å²) in [6, 6.07) is 12.1. The summed E-state index contributed by atoms with van der Waals surface area (Å²) in [5, 5.41) is 25.5. The minimum atomic E-state index is -0.639. The van der Waals surface area contributed by atoms with Crippen LogP contribution in [0.15, 0.2) is 60.9 Å². The molecule has 0 bridgehead atoms.